The van der Waals surface area contributed by atoms with Gasteiger partial charge < -0.3 is 0 Å². The monoisotopic (exact) mass is 367 g/mol. The maximum absolute atomic E-state index is 8.88. The molecular formula is C27H29N. The first-order valence-electron chi connectivity index (χ1n) is 10.3. The van der Waals surface area contributed by atoms with E-state index in [1.165, 1.54) is 47.1 Å². The number of nitrogens with zero attached hydrogens (tertiary/aromatic N) is 1. The third-order valence-corrected chi connectivity index (χ3v) is 5.65. The van der Waals surface area contributed by atoms with Crippen LogP contribution in [0, 0.1) is 17.2 Å². The van der Waals surface area contributed by atoms with Crippen molar-refractivity contribution in [2.45, 2.75) is 46.0 Å². The van der Waals surface area contributed by atoms with Crippen LogP contribution >= 0.6 is 0 Å². The highest BCUT2D eigenvalue weighted by Crippen LogP contribution is 2.22. The Morgan fingerprint density at radius 1 is 0.679 bits per heavy atom. The van der Waals surface area contributed by atoms with Gasteiger partial charge >= 0.3 is 0 Å². The second-order valence-electron chi connectivity index (χ2n) is 7.75. The van der Waals surface area contributed by atoms with Crippen molar-refractivity contribution in [3.8, 4) is 17.2 Å². The van der Waals surface area contributed by atoms with E-state index in [1.54, 1.807) is 0 Å². The van der Waals surface area contributed by atoms with E-state index < -0.39 is 0 Å². The van der Waals surface area contributed by atoms with E-state index in [0.29, 0.717) is 0 Å². The highest BCUT2D eigenvalue weighted by Gasteiger charge is 2.03. The average molecular weight is 368 g/mol. The molecule has 28 heavy (non-hydrogen) atoms. The molecule has 3 aromatic rings. The number of hydrogen-bond donors (Lipinski definition) is 0. The first-order chi connectivity index (χ1) is 13.7. The van der Waals surface area contributed by atoms with E-state index in [9.17, 15) is 0 Å². The molecule has 0 heterocycles. The van der Waals surface area contributed by atoms with Crippen LogP contribution in [0.4, 0.5) is 0 Å². The average Bonchev–Trinajstić information content (AvgIpc) is 2.77. The van der Waals surface area contributed by atoms with Crippen LogP contribution < -0.4 is 0 Å². The summed E-state index contributed by atoms with van der Waals surface area (Å²) in [4.78, 5) is 0. The van der Waals surface area contributed by atoms with Crippen LogP contribution in [0.1, 0.15) is 48.9 Å². The Kier molecular flexibility index (Phi) is 7.04. The summed E-state index contributed by atoms with van der Waals surface area (Å²) < 4.78 is 0. The van der Waals surface area contributed by atoms with Crippen molar-refractivity contribution >= 4 is 0 Å². The number of rotatable bonds is 8. The van der Waals surface area contributed by atoms with Crippen LogP contribution in [-0.2, 0) is 19.3 Å². The number of hydrogen-bond acceptors (Lipinski definition) is 1. The van der Waals surface area contributed by atoms with Crippen molar-refractivity contribution in [2.75, 3.05) is 0 Å². The van der Waals surface area contributed by atoms with Crippen molar-refractivity contribution in [3.05, 3.63) is 95.1 Å². The van der Waals surface area contributed by atoms with Gasteiger partial charge in [-0.05, 0) is 71.6 Å². The molecule has 0 aliphatic carbocycles. The zero-order valence-corrected chi connectivity index (χ0v) is 17.0. The van der Waals surface area contributed by atoms with Crippen LogP contribution in [0.15, 0.2) is 72.8 Å². The lowest BCUT2D eigenvalue weighted by atomic mass is 9.96. The van der Waals surface area contributed by atoms with Gasteiger partial charge in [-0.15, -0.1) is 0 Å². The summed E-state index contributed by atoms with van der Waals surface area (Å²) in [5, 5.41) is 8.88. The molecule has 3 aromatic carbocycles. The normalized spacial score (nSPS) is 11.8. The Labute approximate surface area is 169 Å². The number of benzene rings is 3. The van der Waals surface area contributed by atoms with Gasteiger partial charge in [-0.2, -0.15) is 5.26 Å². The van der Waals surface area contributed by atoms with Gasteiger partial charge in [0.05, 0.1) is 11.6 Å². The Morgan fingerprint density at radius 2 is 1.11 bits per heavy atom. The third-order valence-electron chi connectivity index (χ3n) is 5.65. The predicted octanol–water partition coefficient (Wildman–Crippen LogP) is 6.99. The summed E-state index contributed by atoms with van der Waals surface area (Å²) in [6.07, 6.45) is 5.71. The lowest BCUT2D eigenvalue weighted by Gasteiger charge is -2.09. The molecule has 142 valence electrons. The highest BCUT2D eigenvalue weighted by molar-refractivity contribution is 5.64. The summed E-state index contributed by atoms with van der Waals surface area (Å²) in [5.74, 6) is 0.802. The maximum atomic E-state index is 8.88. The molecular weight excluding hydrogens is 338 g/mol. The van der Waals surface area contributed by atoms with E-state index in [1.807, 2.05) is 12.1 Å². The molecule has 0 saturated heterocycles. The first kappa shape index (κ1) is 19.9. The van der Waals surface area contributed by atoms with Gasteiger partial charge in [-0.25, -0.2) is 0 Å². The fourth-order valence-electron chi connectivity index (χ4n) is 3.38. The van der Waals surface area contributed by atoms with Crippen LogP contribution in [0.2, 0.25) is 0 Å². The molecule has 1 heteroatoms. The first-order valence-corrected chi connectivity index (χ1v) is 10.3. The molecule has 3 rings (SSSR count). The summed E-state index contributed by atoms with van der Waals surface area (Å²) in [6, 6.07) is 28.0. The van der Waals surface area contributed by atoms with Gasteiger partial charge in [-0.1, -0.05) is 80.9 Å². The Bertz CT molecular complexity index is 896. The molecule has 1 nitrogen and oxygen atoms in total. The molecule has 1 atom stereocenters. The molecule has 0 bridgehead atoms. The topological polar surface area (TPSA) is 23.8 Å². The second-order valence-corrected chi connectivity index (χ2v) is 7.75. The Balaban J connectivity index is 1.56. The number of nitriles is 1. The largest absolute Gasteiger partial charge is 0.192 e. The summed E-state index contributed by atoms with van der Waals surface area (Å²) in [5.41, 5.74) is 7.33. The van der Waals surface area contributed by atoms with Gasteiger partial charge in [0.15, 0.2) is 0 Å². The van der Waals surface area contributed by atoms with Crippen LogP contribution in [0.3, 0.4) is 0 Å². The third kappa shape index (κ3) is 5.57. The number of aryl methyl sites for hydroxylation is 3. The minimum Gasteiger partial charge on any atom is -0.192 e. The minimum atomic E-state index is 0.721. The predicted molar refractivity (Wildman–Crippen MR) is 118 cm³/mol. The molecule has 0 fully saturated rings. The lowest BCUT2D eigenvalue weighted by molar-refractivity contribution is 0.516. The van der Waals surface area contributed by atoms with Crippen molar-refractivity contribution in [3.63, 3.8) is 0 Å². The van der Waals surface area contributed by atoms with E-state index >= 15 is 0 Å². The fourth-order valence-corrected chi connectivity index (χ4v) is 3.38. The molecule has 0 spiro atoms. The van der Waals surface area contributed by atoms with Gasteiger partial charge in [0.2, 0.25) is 0 Å². The molecule has 0 N–H and O–H groups in total. The van der Waals surface area contributed by atoms with Gasteiger partial charge in [0.1, 0.15) is 0 Å². The van der Waals surface area contributed by atoms with Gasteiger partial charge in [0, 0.05) is 0 Å². The standard InChI is InChI=1S/C27H29N/c1-3-21(2)4-5-22-12-16-26(17-13-22)27-18-14-24(15-19-27)7-6-23-8-10-25(20-28)11-9-23/h8-19,21H,3-7H2,1-2H3/t21-/m0/s1. The van der Waals surface area contributed by atoms with Crippen LogP contribution in [-0.4, -0.2) is 0 Å². The van der Waals surface area contributed by atoms with Crippen molar-refractivity contribution in [1.82, 2.24) is 0 Å². The van der Waals surface area contributed by atoms with E-state index in [2.05, 4.69) is 80.6 Å². The summed E-state index contributed by atoms with van der Waals surface area (Å²) in [6.45, 7) is 4.60. The van der Waals surface area contributed by atoms with E-state index in [0.717, 1.165) is 24.3 Å². The second kappa shape index (κ2) is 9.90. The quantitative estimate of drug-likeness (QED) is 0.421. The fraction of sp³-hybridized carbons (Fsp3) is 0.296. The highest BCUT2D eigenvalue weighted by atomic mass is 14.2. The van der Waals surface area contributed by atoms with Crippen LogP contribution in [0.5, 0.6) is 0 Å². The Hall–Kier alpha value is -2.85. The van der Waals surface area contributed by atoms with Crippen LogP contribution in [0.25, 0.3) is 11.1 Å². The smallest absolute Gasteiger partial charge is 0.0991 e. The van der Waals surface area contributed by atoms with E-state index in [-0.39, 0.29) is 0 Å². The Morgan fingerprint density at radius 3 is 1.54 bits per heavy atom. The zero-order valence-electron chi connectivity index (χ0n) is 17.0. The van der Waals surface area contributed by atoms with Crippen molar-refractivity contribution < 1.29 is 0 Å². The summed E-state index contributed by atoms with van der Waals surface area (Å²) >= 11 is 0. The molecule has 0 aliphatic heterocycles. The van der Waals surface area contributed by atoms with E-state index in [4.69, 9.17) is 5.26 Å². The van der Waals surface area contributed by atoms with Crippen molar-refractivity contribution in [2.24, 2.45) is 5.92 Å². The van der Waals surface area contributed by atoms with Gasteiger partial charge in [-0.3, -0.25) is 0 Å². The molecule has 0 saturated carbocycles. The zero-order chi connectivity index (χ0) is 19.8. The summed E-state index contributed by atoms with van der Waals surface area (Å²) in [7, 11) is 0. The minimum absolute atomic E-state index is 0.721. The lowest BCUT2D eigenvalue weighted by Crippen LogP contribution is -1.95. The van der Waals surface area contributed by atoms with Crippen molar-refractivity contribution in [1.29, 1.82) is 5.26 Å². The molecule has 0 amide bonds. The van der Waals surface area contributed by atoms with Gasteiger partial charge in [0.25, 0.3) is 0 Å². The molecule has 0 aromatic heterocycles. The molecule has 0 unspecified atom stereocenters. The molecule has 0 aliphatic rings. The SMILES string of the molecule is CC[C@H](C)CCc1ccc(-c2ccc(CCc3ccc(C#N)cc3)cc2)cc1. The molecule has 0 radical (unpaired) electrons. The maximum Gasteiger partial charge on any atom is 0.0991 e.